The van der Waals surface area contributed by atoms with Gasteiger partial charge < -0.3 is 0 Å². The first-order chi connectivity index (χ1) is 9.42. The van der Waals surface area contributed by atoms with E-state index in [0.29, 0.717) is 17.9 Å². The molecule has 0 fully saturated rings. The van der Waals surface area contributed by atoms with Crippen molar-refractivity contribution in [3.05, 3.63) is 59.7 Å². The summed E-state index contributed by atoms with van der Waals surface area (Å²) in [5.74, 6) is -2.04. The highest BCUT2D eigenvalue weighted by atomic mass is 32.2. The van der Waals surface area contributed by atoms with Crippen molar-refractivity contribution in [2.45, 2.75) is 4.90 Å². The number of nitrogens with one attached hydrogen (secondary N) is 1. The summed E-state index contributed by atoms with van der Waals surface area (Å²) in [5.41, 5.74) is 0.542. The molecule has 0 aliphatic carbocycles. The molecular formula is C13H9F2NO3S. The molecule has 0 saturated heterocycles. The van der Waals surface area contributed by atoms with Crippen LogP contribution in [0.4, 0.5) is 14.5 Å². The number of carbonyl (C=O) groups excluding carboxylic acids is 1. The average Bonchev–Trinajstić information content (AvgIpc) is 2.38. The van der Waals surface area contributed by atoms with Gasteiger partial charge in [0.2, 0.25) is 0 Å². The molecule has 0 amide bonds. The first kappa shape index (κ1) is 14.1. The molecule has 104 valence electrons. The SMILES string of the molecule is O=Cc1ccc(NS(=O)(=O)c2ccc(F)cc2F)cc1. The summed E-state index contributed by atoms with van der Waals surface area (Å²) in [6.07, 6.45) is 0.609. The van der Waals surface area contributed by atoms with Gasteiger partial charge in [0.1, 0.15) is 22.8 Å². The largest absolute Gasteiger partial charge is 0.298 e. The van der Waals surface area contributed by atoms with Gasteiger partial charge in [-0.15, -0.1) is 0 Å². The third-order valence-electron chi connectivity index (χ3n) is 2.48. The zero-order chi connectivity index (χ0) is 14.8. The number of anilines is 1. The number of carbonyl (C=O) groups is 1. The van der Waals surface area contributed by atoms with Crippen molar-refractivity contribution < 1.29 is 22.0 Å². The second kappa shape index (κ2) is 5.38. The highest BCUT2D eigenvalue weighted by Crippen LogP contribution is 2.19. The minimum Gasteiger partial charge on any atom is -0.298 e. The molecule has 0 radical (unpaired) electrons. The fourth-order valence-electron chi connectivity index (χ4n) is 1.53. The number of hydrogen-bond donors (Lipinski definition) is 1. The maximum atomic E-state index is 13.5. The molecule has 0 unspecified atom stereocenters. The van der Waals surface area contributed by atoms with Crippen molar-refractivity contribution in [1.82, 2.24) is 0 Å². The van der Waals surface area contributed by atoms with Crippen LogP contribution in [0.25, 0.3) is 0 Å². The van der Waals surface area contributed by atoms with Gasteiger partial charge in [0, 0.05) is 17.3 Å². The maximum absolute atomic E-state index is 13.5. The van der Waals surface area contributed by atoms with Gasteiger partial charge >= 0.3 is 0 Å². The lowest BCUT2D eigenvalue weighted by Crippen LogP contribution is -2.14. The summed E-state index contributed by atoms with van der Waals surface area (Å²) in [6.45, 7) is 0. The summed E-state index contributed by atoms with van der Waals surface area (Å²) < 4.78 is 52.2. The average molecular weight is 297 g/mol. The molecule has 7 heteroatoms. The first-order valence-corrected chi connectivity index (χ1v) is 6.94. The summed E-state index contributed by atoms with van der Waals surface area (Å²) in [4.78, 5) is 9.82. The Kier molecular flexibility index (Phi) is 3.80. The highest BCUT2D eigenvalue weighted by Gasteiger charge is 2.19. The zero-order valence-corrected chi connectivity index (χ0v) is 10.8. The Morgan fingerprint density at radius 3 is 2.20 bits per heavy atom. The van der Waals surface area contributed by atoms with Crippen molar-refractivity contribution in [3.63, 3.8) is 0 Å². The van der Waals surface area contributed by atoms with Crippen molar-refractivity contribution >= 4 is 22.0 Å². The number of rotatable bonds is 4. The van der Waals surface area contributed by atoms with Crippen LogP contribution in [0, 0.1) is 11.6 Å². The van der Waals surface area contributed by atoms with Gasteiger partial charge in [-0.05, 0) is 36.4 Å². The van der Waals surface area contributed by atoms with Crippen molar-refractivity contribution in [2.75, 3.05) is 4.72 Å². The predicted molar refractivity (Wildman–Crippen MR) is 69.0 cm³/mol. The lowest BCUT2D eigenvalue weighted by atomic mass is 10.2. The number of aldehydes is 1. The van der Waals surface area contributed by atoms with Crippen LogP contribution in [0.5, 0.6) is 0 Å². The fourth-order valence-corrected chi connectivity index (χ4v) is 2.65. The second-order valence-corrected chi connectivity index (χ2v) is 5.57. The van der Waals surface area contributed by atoms with E-state index in [0.717, 1.165) is 12.1 Å². The van der Waals surface area contributed by atoms with E-state index >= 15 is 0 Å². The fraction of sp³-hybridized carbons (Fsp3) is 0. The molecule has 0 heterocycles. The molecule has 1 N–H and O–H groups in total. The quantitative estimate of drug-likeness (QED) is 0.882. The molecular weight excluding hydrogens is 288 g/mol. The Morgan fingerprint density at radius 1 is 1.00 bits per heavy atom. The summed E-state index contributed by atoms with van der Waals surface area (Å²) >= 11 is 0. The van der Waals surface area contributed by atoms with Crippen molar-refractivity contribution in [3.8, 4) is 0 Å². The lowest BCUT2D eigenvalue weighted by Gasteiger charge is -2.09. The summed E-state index contributed by atoms with van der Waals surface area (Å²) in [7, 11) is -4.16. The lowest BCUT2D eigenvalue weighted by molar-refractivity contribution is 0.112. The van der Waals surface area contributed by atoms with Crippen molar-refractivity contribution in [1.29, 1.82) is 0 Å². The monoisotopic (exact) mass is 297 g/mol. The Hall–Kier alpha value is -2.28. The molecule has 0 saturated carbocycles. The number of halogens is 2. The number of sulfonamides is 1. The van der Waals surface area contributed by atoms with Crippen LogP contribution in [0.2, 0.25) is 0 Å². The van der Waals surface area contributed by atoms with Gasteiger partial charge in [-0.25, -0.2) is 17.2 Å². The van der Waals surface area contributed by atoms with Crippen LogP contribution in [0.3, 0.4) is 0 Å². The van der Waals surface area contributed by atoms with Crippen LogP contribution in [-0.2, 0) is 10.0 Å². The van der Waals surface area contributed by atoms with Gasteiger partial charge in [0.15, 0.2) is 0 Å². The molecule has 2 aromatic carbocycles. The summed E-state index contributed by atoms with van der Waals surface area (Å²) in [6, 6.07) is 7.73. The van der Waals surface area contributed by atoms with Gasteiger partial charge in [-0.2, -0.15) is 0 Å². The Balaban J connectivity index is 2.32. The molecule has 2 aromatic rings. The third kappa shape index (κ3) is 3.00. The van der Waals surface area contributed by atoms with Gasteiger partial charge in [-0.1, -0.05) is 0 Å². The third-order valence-corrected chi connectivity index (χ3v) is 3.90. The minimum absolute atomic E-state index is 0.166. The molecule has 0 bridgehead atoms. The van der Waals surface area contributed by atoms with E-state index in [-0.39, 0.29) is 5.69 Å². The number of benzene rings is 2. The molecule has 4 nitrogen and oxygen atoms in total. The van der Waals surface area contributed by atoms with Crippen LogP contribution < -0.4 is 4.72 Å². The van der Waals surface area contributed by atoms with E-state index in [1.807, 2.05) is 0 Å². The molecule has 0 aliphatic rings. The topological polar surface area (TPSA) is 63.2 Å². The maximum Gasteiger partial charge on any atom is 0.264 e. The van der Waals surface area contributed by atoms with Crippen LogP contribution in [-0.4, -0.2) is 14.7 Å². The van der Waals surface area contributed by atoms with E-state index in [4.69, 9.17) is 0 Å². The second-order valence-electron chi connectivity index (χ2n) is 3.92. The van der Waals surface area contributed by atoms with Crippen LogP contribution in [0.1, 0.15) is 10.4 Å². The smallest absolute Gasteiger partial charge is 0.264 e. The normalized spacial score (nSPS) is 11.1. The van der Waals surface area contributed by atoms with Gasteiger partial charge in [0.05, 0.1) is 0 Å². The van der Waals surface area contributed by atoms with E-state index in [2.05, 4.69) is 4.72 Å². The van der Waals surface area contributed by atoms with E-state index in [1.54, 1.807) is 0 Å². The molecule has 0 atom stereocenters. The highest BCUT2D eigenvalue weighted by molar-refractivity contribution is 7.92. The summed E-state index contributed by atoms with van der Waals surface area (Å²) in [5, 5.41) is 0. The Labute approximate surface area is 114 Å². The van der Waals surface area contributed by atoms with E-state index in [9.17, 15) is 22.0 Å². The first-order valence-electron chi connectivity index (χ1n) is 5.45. The van der Waals surface area contributed by atoms with E-state index in [1.165, 1.54) is 24.3 Å². The Bertz CT molecular complexity index is 743. The molecule has 2 rings (SSSR count). The van der Waals surface area contributed by atoms with Crippen LogP contribution in [0.15, 0.2) is 47.4 Å². The molecule has 20 heavy (non-hydrogen) atoms. The zero-order valence-electron chi connectivity index (χ0n) is 10.0. The molecule has 0 aromatic heterocycles. The predicted octanol–water partition coefficient (Wildman–Crippen LogP) is 2.58. The minimum atomic E-state index is -4.16. The van der Waals surface area contributed by atoms with Crippen molar-refractivity contribution in [2.24, 2.45) is 0 Å². The van der Waals surface area contributed by atoms with E-state index < -0.39 is 26.6 Å². The standard InChI is InChI=1S/C13H9F2NO3S/c14-10-3-6-13(12(15)7-10)20(18,19)16-11-4-1-9(8-17)2-5-11/h1-8,16H. The molecule has 0 aliphatic heterocycles. The van der Waals surface area contributed by atoms with Crippen LogP contribution >= 0.6 is 0 Å². The van der Waals surface area contributed by atoms with Gasteiger partial charge in [-0.3, -0.25) is 9.52 Å². The van der Waals surface area contributed by atoms with Gasteiger partial charge in [0.25, 0.3) is 10.0 Å². The molecule has 0 spiro atoms. The number of hydrogen-bond acceptors (Lipinski definition) is 3. The Morgan fingerprint density at radius 2 is 1.65 bits per heavy atom.